The van der Waals surface area contributed by atoms with Crippen LogP contribution in [-0.2, 0) is 0 Å². The zero-order chi connectivity index (χ0) is 12.3. The van der Waals surface area contributed by atoms with Crippen molar-refractivity contribution in [2.24, 2.45) is 0 Å². The van der Waals surface area contributed by atoms with Crippen LogP contribution in [0.1, 0.15) is 70.4 Å². The van der Waals surface area contributed by atoms with Crippen molar-refractivity contribution < 1.29 is 4.42 Å². The fourth-order valence-corrected chi connectivity index (χ4v) is 2.24. The molecule has 0 spiro atoms. The lowest BCUT2D eigenvalue weighted by molar-refractivity contribution is 0.470. The summed E-state index contributed by atoms with van der Waals surface area (Å²) in [6.07, 6.45) is 13.0. The average Bonchev–Trinajstić information content (AvgIpc) is 2.86. The van der Waals surface area contributed by atoms with Crippen molar-refractivity contribution in [3.05, 3.63) is 24.2 Å². The van der Waals surface area contributed by atoms with Gasteiger partial charge in [0.2, 0.25) is 0 Å². The fourth-order valence-electron chi connectivity index (χ4n) is 2.24. The molecule has 2 heteroatoms. The van der Waals surface area contributed by atoms with Crippen molar-refractivity contribution in [2.75, 3.05) is 6.54 Å². The Bertz CT molecular complexity index is 256. The summed E-state index contributed by atoms with van der Waals surface area (Å²) in [4.78, 5) is 0. The van der Waals surface area contributed by atoms with Crippen molar-refractivity contribution >= 4 is 0 Å². The molecule has 0 amide bonds. The topological polar surface area (TPSA) is 25.2 Å². The lowest BCUT2D eigenvalue weighted by atomic mass is 10.0. The van der Waals surface area contributed by atoms with Crippen LogP contribution in [0.15, 0.2) is 23.0 Å². The van der Waals surface area contributed by atoms with Crippen molar-refractivity contribution in [3.63, 3.8) is 0 Å². The first-order chi connectivity index (χ1) is 8.38. The smallest absolute Gasteiger partial charge is 0.0950 e. The molecule has 0 aliphatic rings. The molecule has 0 saturated heterocycles. The summed E-state index contributed by atoms with van der Waals surface area (Å²) in [7, 11) is 0. The molecule has 0 aliphatic carbocycles. The van der Waals surface area contributed by atoms with E-state index in [0.717, 1.165) is 6.54 Å². The normalized spacial score (nSPS) is 12.8. The minimum absolute atomic E-state index is 0.477. The van der Waals surface area contributed by atoms with Crippen LogP contribution in [0.2, 0.25) is 0 Å². The second-order valence-electron chi connectivity index (χ2n) is 4.72. The van der Waals surface area contributed by atoms with E-state index < -0.39 is 0 Å². The number of nitrogens with one attached hydrogen (secondary N) is 1. The van der Waals surface area contributed by atoms with Crippen LogP contribution in [0, 0.1) is 0 Å². The average molecular weight is 237 g/mol. The standard InChI is InChI=1S/C15H27NO/c1-3-5-6-7-8-9-10-15(16-4-2)14-11-12-17-13-14/h11-13,15-16H,3-10H2,1-2H3. The van der Waals surface area contributed by atoms with Crippen LogP contribution < -0.4 is 5.32 Å². The Labute approximate surface area is 106 Å². The van der Waals surface area contributed by atoms with Crippen molar-refractivity contribution in [1.29, 1.82) is 0 Å². The van der Waals surface area contributed by atoms with Gasteiger partial charge in [0.05, 0.1) is 12.5 Å². The van der Waals surface area contributed by atoms with Gasteiger partial charge in [-0.3, -0.25) is 0 Å². The molecule has 1 heterocycles. The number of rotatable bonds is 10. The third-order valence-corrected chi connectivity index (χ3v) is 3.24. The van der Waals surface area contributed by atoms with Gasteiger partial charge in [-0.15, -0.1) is 0 Å². The van der Waals surface area contributed by atoms with Crippen LogP contribution >= 0.6 is 0 Å². The summed E-state index contributed by atoms with van der Waals surface area (Å²) < 4.78 is 5.16. The molecular formula is C15H27NO. The third-order valence-electron chi connectivity index (χ3n) is 3.24. The van der Waals surface area contributed by atoms with Crippen molar-refractivity contribution in [2.45, 2.75) is 64.8 Å². The quantitative estimate of drug-likeness (QED) is 0.598. The summed E-state index contributed by atoms with van der Waals surface area (Å²) in [6.45, 7) is 5.44. The summed E-state index contributed by atoms with van der Waals surface area (Å²) in [5, 5.41) is 3.53. The zero-order valence-corrected chi connectivity index (χ0v) is 11.4. The Balaban J connectivity index is 2.17. The van der Waals surface area contributed by atoms with Crippen LogP contribution in [0.5, 0.6) is 0 Å². The maximum Gasteiger partial charge on any atom is 0.0950 e. The molecule has 0 aliphatic heterocycles. The lowest BCUT2D eigenvalue weighted by Crippen LogP contribution is -2.20. The first-order valence-electron chi connectivity index (χ1n) is 7.14. The van der Waals surface area contributed by atoms with Gasteiger partial charge in [0.1, 0.15) is 0 Å². The maximum absolute atomic E-state index is 5.16. The molecule has 1 N–H and O–H groups in total. The predicted octanol–water partition coefficient (Wildman–Crippen LogP) is 4.68. The molecule has 0 radical (unpaired) electrons. The van der Waals surface area contributed by atoms with Crippen LogP contribution in [0.3, 0.4) is 0 Å². The van der Waals surface area contributed by atoms with E-state index in [-0.39, 0.29) is 0 Å². The second kappa shape index (κ2) is 9.29. The highest BCUT2D eigenvalue weighted by molar-refractivity contribution is 5.11. The summed E-state index contributed by atoms with van der Waals surface area (Å²) in [6, 6.07) is 2.55. The molecule has 1 aromatic heterocycles. The Hall–Kier alpha value is -0.760. The zero-order valence-electron chi connectivity index (χ0n) is 11.4. The van der Waals surface area contributed by atoms with E-state index in [4.69, 9.17) is 4.42 Å². The van der Waals surface area contributed by atoms with E-state index in [9.17, 15) is 0 Å². The van der Waals surface area contributed by atoms with Gasteiger partial charge in [-0.2, -0.15) is 0 Å². The first-order valence-corrected chi connectivity index (χ1v) is 7.14. The minimum Gasteiger partial charge on any atom is -0.472 e. The van der Waals surface area contributed by atoms with Gasteiger partial charge in [0, 0.05) is 11.6 Å². The number of hydrogen-bond acceptors (Lipinski definition) is 2. The highest BCUT2D eigenvalue weighted by Crippen LogP contribution is 2.20. The summed E-state index contributed by atoms with van der Waals surface area (Å²) in [5.74, 6) is 0. The molecule has 17 heavy (non-hydrogen) atoms. The Morgan fingerprint density at radius 3 is 2.53 bits per heavy atom. The van der Waals surface area contributed by atoms with Gasteiger partial charge in [-0.25, -0.2) is 0 Å². The monoisotopic (exact) mass is 237 g/mol. The molecule has 1 atom stereocenters. The highest BCUT2D eigenvalue weighted by Gasteiger charge is 2.10. The second-order valence-corrected chi connectivity index (χ2v) is 4.72. The molecule has 0 saturated carbocycles. The number of unbranched alkanes of at least 4 members (excludes halogenated alkanes) is 5. The Morgan fingerprint density at radius 2 is 1.88 bits per heavy atom. The Kier molecular flexibility index (Phi) is 7.81. The van der Waals surface area contributed by atoms with Gasteiger partial charge >= 0.3 is 0 Å². The lowest BCUT2D eigenvalue weighted by Gasteiger charge is -2.15. The minimum atomic E-state index is 0.477. The maximum atomic E-state index is 5.16. The van der Waals surface area contributed by atoms with Gasteiger partial charge in [-0.1, -0.05) is 52.4 Å². The number of hydrogen-bond donors (Lipinski definition) is 1. The van der Waals surface area contributed by atoms with Gasteiger partial charge in [-0.05, 0) is 19.0 Å². The van der Waals surface area contributed by atoms with Crippen LogP contribution in [0.4, 0.5) is 0 Å². The molecule has 1 unspecified atom stereocenters. The van der Waals surface area contributed by atoms with E-state index in [2.05, 4.69) is 25.2 Å². The molecule has 2 nitrogen and oxygen atoms in total. The van der Waals surface area contributed by atoms with E-state index in [0.29, 0.717) is 6.04 Å². The van der Waals surface area contributed by atoms with E-state index in [1.165, 1.54) is 50.5 Å². The van der Waals surface area contributed by atoms with E-state index in [1.54, 1.807) is 6.26 Å². The van der Waals surface area contributed by atoms with Crippen molar-refractivity contribution in [3.8, 4) is 0 Å². The molecule has 0 aromatic carbocycles. The molecule has 1 rings (SSSR count). The summed E-state index contributed by atoms with van der Waals surface area (Å²) >= 11 is 0. The fraction of sp³-hybridized carbons (Fsp3) is 0.733. The SMILES string of the molecule is CCCCCCCCC(NCC)c1ccoc1. The van der Waals surface area contributed by atoms with Gasteiger partial charge in [0.25, 0.3) is 0 Å². The highest BCUT2D eigenvalue weighted by atomic mass is 16.3. The van der Waals surface area contributed by atoms with Crippen molar-refractivity contribution in [1.82, 2.24) is 5.32 Å². The van der Waals surface area contributed by atoms with E-state index >= 15 is 0 Å². The predicted molar refractivity (Wildman–Crippen MR) is 73.1 cm³/mol. The molecule has 0 bridgehead atoms. The van der Waals surface area contributed by atoms with Gasteiger partial charge in [0.15, 0.2) is 0 Å². The molecule has 98 valence electrons. The third kappa shape index (κ3) is 5.92. The molecule has 1 aromatic rings. The van der Waals surface area contributed by atoms with E-state index in [1.807, 2.05) is 6.26 Å². The van der Waals surface area contributed by atoms with Gasteiger partial charge < -0.3 is 9.73 Å². The summed E-state index contributed by atoms with van der Waals surface area (Å²) in [5.41, 5.74) is 1.29. The number of furan rings is 1. The van der Waals surface area contributed by atoms with Crippen LogP contribution in [0.25, 0.3) is 0 Å². The molecule has 0 fully saturated rings. The van der Waals surface area contributed by atoms with Crippen LogP contribution in [-0.4, -0.2) is 6.54 Å². The Morgan fingerprint density at radius 1 is 1.12 bits per heavy atom. The first kappa shape index (κ1) is 14.3. The largest absolute Gasteiger partial charge is 0.472 e. The molecular weight excluding hydrogens is 210 g/mol.